The molecule has 1 aromatic carbocycles. The Morgan fingerprint density at radius 3 is 2.53 bits per heavy atom. The molecule has 0 aromatic heterocycles. The van der Waals surface area contributed by atoms with Gasteiger partial charge < -0.3 is 15.4 Å². The maximum absolute atomic E-state index is 12.0. The van der Waals surface area contributed by atoms with E-state index in [1.807, 2.05) is 31.3 Å². The zero-order valence-corrected chi connectivity index (χ0v) is 12.1. The lowest BCUT2D eigenvalue weighted by molar-refractivity contribution is -0.134. The molecular formula is C15H24N2O2. The van der Waals surface area contributed by atoms with Gasteiger partial charge in [0.1, 0.15) is 5.75 Å². The van der Waals surface area contributed by atoms with E-state index in [0.29, 0.717) is 12.3 Å². The fraction of sp³-hybridized carbons (Fsp3) is 0.533. The van der Waals surface area contributed by atoms with Crippen LogP contribution in [0.4, 0.5) is 0 Å². The minimum atomic E-state index is 0.000486. The van der Waals surface area contributed by atoms with Gasteiger partial charge in [0.25, 0.3) is 5.91 Å². The van der Waals surface area contributed by atoms with Crippen LogP contribution in [0.5, 0.6) is 5.75 Å². The van der Waals surface area contributed by atoms with Crippen LogP contribution in [0.15, 0.2) is 24.3 Å². The largest absolute Gasteiger partial charge is 0.483 e. The van der Waals surface area contributed by atoms with Crippen LogP contribution < -0.4 is 10.5 Å². The first-order chi connectivity index (χ1) is 9.13. The molecule has 2 N–H and O–H groups in total. The van der Waals surface area contributed by atoms with E-state index in [-0.39, 0.29) is 18.6 Å². The minimum Gasteiger partial charge on any atom is -0.483 e. The van der Waals surface area contributed by atoms with Crippen molar-refractivity contribution in [3.05, 3.63) is 29.8 Å². The van der Waals surface area contributed by atoms with Gasteiger partial charge in [-0.25, -0.2) is 0 Å². The van der Waals surface area contributed by atoms with Gasteiger partial charge in [-0.05, 0) is 18.9 Å². The van der Waals surface area contributed by atoms with Gasteiger partial charge in [-0.2, -0.15) is 0 Å². The third-order valence-electron chi connectivity index (χ3n) is 3.43. The zero-order chi connectivity index (χ0) is 14.3. The van der Waals surface area contributed by atoms with Crippen molar-refractivity contribution in [3.63, 3.8) is 0 Å². The number of rotatable bonds is 7. The highest BCUT2D eigenvalue weighted by Crippen LogP contribution is 2.17. The molecule has 0 bridgehead atoms. The SMILES string of the molecule is CCC(CC)N(C)C(=O)COc1ccccc1CN. The molecule has 0 radical (unpaired) electrons. The highest BCUT2D eigenvalue weighted by atomic mass is 16.5. The summed E-state index contributed by atoms with van der Waals surface area (Å²) < 4.78 is 5.58. The number of likely N-dealkylation sites (N-methyl/N-ethyl adjacent to an activating group) is 1. The molecule has 0 aliphatic heterocycles. The topological polar surface area (TPSA) is 55.6 Å². The first kappa shape index (κ1) is 15.5. The summed E-state index contributed by atoms with van der Waals surface area (Å²) in [6.45, 7) is 4.64. The second-order valence-electron chi connectivity index (χ2n) is 4.58. The molecule has 0 saturated heterocycles. The summed E-state index contributed by atoms with van der Waals surface area (Å²) in [5.41, 5.74) is 6.55. The zero-order valence-electron chi connectivity index (χ0n) is 12.1. The number of nitrogens with zero attached hydrogens (tertiary/aromatic N) is 1. The Morgan fingerprint density at radius 1 is 1.32 bits per heavy atom. The molecule has 4 heteroatoms. The number of hydrogen-bond acceptors (Lipinski definition) is 3. The van der Waals surface area contributed by atoms with Crippen molar-refractivity contribution < 1.29 is 9.53 Å². The van der Waals surface area contributed by atoms with Gasteiger partial charge in [0.2, 0.25) is 0 Å². The van der Waals surface area contributed by atoms with Crippen molar-refractivity contribution in [1.29, 1.82) is 0 Å². The van der Waals surface area contributed by atoms with Gasteiger partial charge in [-0.3, -0.25) is 4.79 Å². The molecule has 1 aromatic rings. The molecule has 0 spiro atoms. The average molecular weight is 264 g/mol. The highest BCUT2D eigenvalue weighted by molar-refractivity contribution is 5.77. The van der Waals surface area contributed by atoms with Gasteiger partial charge in [0.15, 0.2) is 6.61 Å². The fourth-order valence-corrected chi connectivity index (χ4v) is 2.09. The van der Waals surface area contributed by atoms with Crippen molar-refractivity contribution >= 4 is 5.91 Å². The normalized spacial score (nSPS) is 10.6. The Morgan fingerprint density at radius 2 is 1.95 bits per heavy atom. The molecular weight excluding hydrogens is 240 g/mol. The smallest absolute Gasteiger partial charge is 0.260 e. The number of nitrogens with two attached hydrogens (primary N) is 1. The molecule has 19 heavy (non-hydrogen) atoms. The lowest BCUT2D eigenvalue weighted by Crippen LogP contribution is -2.39. The van der Waals surface area contributed by atoms with Crippen molar-refractivity contribution in [2.45, 2.75) is 39.3 Å². The number of carbonyl (C=O) groups is 1. The van der Waals surface area contributed by atoms with Crippen molar-refractivity contribution in [3.8, 4) is 5.75 Å². The van der Waals surface area contributed by atoms with E-state index in [2.05, 4.69) is 13.8 Å². The lowest BCUT2D eigenvalue weighted by Gasteiger charge is -2.26. The number of hydrogen-bond donors (Lipinski definition) is 1. The number of benzene rings is 1. The number of amides is 1. The van der Waals surface area contributed by atoms with E-state index < -0.39 is 0 Å². The summed E-state index contributed by atoms with van der Waals surface area (Å²) in [4.78, 5) is 13.8. The standard InChI is InChI=1S/C15H24N2O2/c1-4-13(5-2)17(3)15(18)11-19-14-9-7-6-8-12(14)10-16/h6-9,13H,4-5,10-11,16H2,1-3H3. The van der Waals surface area contributed by atoms with Crippen LogP contribution >= 0.6 is 0 Å². The molecule has 1 amide bonds. The van der Waals surface area contributed by atoms with Gasteiger partial charge in [0, 0.05) is 25.2 Å². The molecule has 0 aliphatic carbocycles. The summed E-state index contributed by atoms with van der Waals surface area (Å²) in [5.74, 6) is 0.692. The Hall–Kier alpha value is -1.55. The van der Waals surface area contributed by atoms with Crippen LogP contribution in [-0.4, -0.2) is 30.5 Å². The maximum atomic E-state index is 12.0. The summed E-state index contributed by atoms with van der Waals surface area (Å²) in [5, 5.41) is 0. The predicted molar refractivity (Wildman–Crippen MR) is 77.0 cm³/mol. The minimum absolute atomic E-state index is 0.000486. The number of ether oxygens (including phenoxy) is 1. The molecule has 0 aliphatic rings. The average Bonchev–Trinajstić information content (AvgIpc) is 2.46. The summed E-state index contributed by atoms with van der Waals surface area (Å²) in [6, 6.07) is 7.81. The van der Waals surface area contributed by atoms with E-state index in [9.17, 15) is 4.79 Å². The van der Waals surface area contributed by atoms with E-state index in [4.69, 9.17) is 10.5 Å². The first-order valence-electron chi connectivity index (χ1n) is 6.80. The van der Waals surface area contributed by atoms with Crippen LogP contribution in [0.3, 0.4) is 0 Å². The van der Waals surface area contributed by atoms with E-state index in [0.717, 1.165) is 18.4 Å². The van der Waals surface area contributed by atoms with Crippen molar-refractivity contribution in [2.24, 2.45) is 5.73 Å². The molecule has 0 fully saturated rings. The van der Waals surface area contributed by atoms with Crippen LogP contribution in [0, 0.1) is 0 Å². The van der Waals surface area contributed by atoms with E-state index in [1.165, 1.54) is 0 Å². The Balaban J connectivity index is 2.58. The van der Waals surface area contributed by atoms with E-state index in [1.54, 1.807) is 4.90 Å². The summed E-state index contributed by atoms with van der Waals surface area (Å²) >= 11 is 0. The second kappa shape index (κ2) is 7.79. The molecule has 0 saturated carbocycles. The molecule has 1 rings (SSSR count). The summed E-state index contributed by atoms with van der Waals surface area (Å²) in [6.07, 6.45) is 1.91. The Bertz CT molecular complexity index is 403. The molecule has 106 valence electrons. The Labute approximate surface area is 115 Å². The fourth-order valence-electron chi connectivity index (χ4n) is 2.09. The molecule has 0 atom stereocenters. The Kier molecular flexibility index (Phi) is 6.36. The van der Waals surface area contributed by atoms with Crippen LogP contribution in [0.25, 0.3) is 0 Å². The molecule has 0 unspecified atom stereocenters. The number of carbonyl (C=O) groups excluding carboxylic acids is 1. The summed E-state index contributed by atoms with van der Waals surface area (Å²) in [7, 11) is 1.83. The van der Waals surface area contributed by atoms with Gasteiger partial charge in [0.05, 0.1) is 0 Å². The van der Waals surface area contributed by atoms with Gasteiger partial charge in [-0.1, -0.05) is 32.0 Å². The lowest BCUT2D eigenvalue weighted by atomic mass is 10.1. The van der Waals surface area contributed by atoms with Crippen LogP contribution in [0.1, 0.15) is 32.3 Å². The number of para-hydroxylation sites is 1. The van der Waals surface area contributed by atoms with E-state index >= 15 is 0 Å². The van der Waals surface area contributed by atoms with Gasteiger partial charge in [-0.15, -0.1) is 0 Å². The first-order valence-corrected chi connectivity index (χ1v) is 6.80. The third kappa shape index (κ3) is 4.24. The third-order valence-corrected chi connectivity index (χ3v) is 3.43. The maximum Gasteiger partial charge on any atom is 0.260 e. The highest BCUT2D eigenvalue weighted by Gasteiger charge is 2.17. The van der Waals surface area contributed by atoms with Crippen LogP contribution in [-0.2, 0) is 11.3 Å². The predicted octanol–water partition coefficient (Wildman–Crippen LogP) is 2.17. The monoisotopic (exact) mass is 264 g/mol. The van der Waals surface area contributed by atoms with Crippen LogP contribution in [0.2, 0.25) is 0 Å². The molecule has 0 heterocycles. The van der Waals surface area contributed by atoms with Crippen molar-refractivity contribution in [1.82, 2.24) is 4.90 Å². The second-order valence-corrected chi connectivity index (χ2v) is 4.58. The quantitative estimate of drug-likeness (QED) is 0.821. The van der Waals surface area contributed by atoms with Crippen molar-refractivity contribution in [2.75, 3.05) is 13.7 Å². The molecule has 4 nitrogen and oxygen atoms in total. The van der Waals surface area contributed by atoms with Gasteiger partial charge >= 0.3 is 0 Å².